The number of nitrogens with one attached hydrogen (secondary N) is 1. The van der Waals surface area contributed by atoms with E-state index in [0.717, 1.165) is 19.6 Å². The lowest BCUT2D eigenvalue weighted by atomic mass is 10.1. The Hall–Kier alpha value is -0.380. The maximum atomic E-state index is 5.19. The van der Waals surface area contributed by atoms with Crippen molar-refractivity contribution in [2.24, 2.45) is 0 Å². The van der Waals surface area contributed by atoms with Crippen molar-refractivity contribution in [1.29, 1.82) is 0 Å². The van der Waals surface area contributed by atoms with Gasteiger partial charge in [-0.05, 0) is 41.8 Å². The summed E-state index contributed by atoms with van der Waals surface area (Å²) in [5, 5.41) is 7.82. The zero-order valence-electron chi connectivity index (χ0n) is 8.95. The Bertz CT molecular complexity index is 223. The molecule has 1 N–H and O–H groups in total. The molecule has 0 aliphatic heterocycles. The topological polar surface area (TPSA) is 21.3 Å². The summed E-state index contributed by atoms with van der Waals surface area (Å²) in [4.78, 5) is 0. The van der Waals surface area contributed by atoms with Crippen molar-refractivity contribution < 1.29 is 4.74 Å². The summed E-state index contributed by atoms with van der Waals surface area (Å²) in [5.41, 5.74) is 1.40. The van der Waals surface area contributed by atoms with E-state index in [0.29, 0.717) is 6.04 Å². The summed E-state index contributed by atoms with van der Waals surface area (Å²) in [6.07, 6.45) is 2.24. The number of hydrogen-bond donors (Lipinski definition) is 1. The van der Waals surface area contributed by atoms with E-state index in [9.17, 15) is 0 Å². The molecule has 80 valence electrons. The zero-order valence-corrected chi connectivity index (χ0v) is 9.77. The van der Waals surface area contributed by atoms with Crippen LogP contribution in [0.15, 0.2) is 16.8 Å². The minimum atomic E-state index is 0.453. The van der Waals surface area contributed by atoms with Gasteiger partial charge in [-0.3, -0.25) is 0 Å². The number of ether oxygens (including phenoxy) is 1. The third-order valence-corrected chi connectivity index (χ3v) is 2.85. The van der Waals surface area contributed by atoms with Gasteiger partial charge < -0.3 is 10.1 Å². The molecule has 0 fully saturated rings. The summed E-state index contributed by atoms with van der Waals surface area (Å²) in [6, 6.07) is 2.63. The molecule has 0 aliphatic rings. The summed E-state index contributed by atoms with van der Waals surface area (Å²) in [6.45, 7) is 4.04. The van der Waals surface area contributed by atoms with Gasteiger partial charge in [0.05, 0.1) is 6.61 Å². The van der Waals surface area contributed by atoms with Gasteiger partial charge in [0.1, 0.15) is 0 Å². The molecule has 0 saturated heterocycles. The quantitative estimate of drug-likeness (QED) is 0.750. The minimum absolute atomic E-state index is 0.453. The van der Waals surface area contributed by atoms with E-state index in [1.807, 2.05) is 0 Å². The Morgan fingerprint density at radius 2 is 2.43 bits per heavy atom. The van der Waals surface area contributed by atoms with E-state index in [4.69, 9.17) is 4.74 Å². The number of methoxy groups -OCH3 is 1. The highest BCUT2D eigenvalue weighted by Crippen LogP contribution is 2.08. The van der Waals surface area contributed by atoms with Crippen LogP contribution >= 0.6 is 11.3 Å². The highest BCUT2D eigenvalue weighted by atomic mass is 32.1. The summed E-state index contributed by atoms with van der Waals surface area (Å²) < 4.78 is 5.19. The monoisotopic (exact) mass is 213 g/mol. The molecular formula is C11H19NOS. The lowest BCUT2D eigenvalue weighted by Crippen LogP contribution is -2.35. The number of thiophene rings is 1. The first-order valence-electron chi connectivity index (χ1n) is 5.10. The average molecular weight is 213 g/mol. The molecule has 1 rings (SSSR count). The van der Waals surface area contributed by atoms with Gasteiger partial charge >= 0.3 is 0 Å². The van der Waals surface area contributed by atoms with Gasteiger partial charge in [-0.25, -0.2) is 0 Å². The summed E-state index contributed by atoms with van der Waals surface area (Å²) in [7, 11) is 1.76. The molecule has 0 saturated carbocycles. The largest absolute Gasteiger partial charge is 0.383 e. The molecule has 1 aromatic rings. The highest BCUT2D eigenvalue weighted by molar-refractivity contribution is 7.07. The molecule has 0 radical (unpaired) electrons. The fourth-order valence-electron chi connectivity index (χ4n) is 1.43. The molecule has 1 atom stereocenters. The van der Waals surface area contributed by atoms with Crippen molar-refractivity contribution in [3.05, 3.63) is 22.4 Å². The Morgan fingerprint density at radius 3 is 3.00 bits per heavy atom. The zero-order chi connectivity index (χ0) is 10.2. The van der Waals surface area contributed by atoms with E-state index in [1.165, 1.54) is 12.0 Å². The molecule has 0 aliphatic carbocycles. The predicted molar refractivity (Wildman–Crippen MR) is 62.0 cm³/mol. The predicted octanol–water partition coefficient (Wildman–Crippen LogP) is 2.31. The Labute approximate surface area is 90.3 Å². The van der Waals surface area contributed by atoms with Gasteiger partial charge in [0.15, 0.2) is 0 Å². The average Bonchev–Trinajstić information content (AvgIpc) is 2.67. The van der Waals surface area contributed by atoms with Crippen LogP contribution in [0.4, 0.5) is 0 Å². The SMILES string of the molecule is CCCNC(COC)Cc1ccsc1. The van der Waals surface area contributed by atoms with Gasteiger partial charge in [-0.2, -0.15) is 11.3 Å². The van der Waals surface area contributed by atoms with Crippen LogP contribution in [-0.4, -0.2) is 26.3 Å². The third-order valence-electron chi connectivity index (χ3n) is 2.11. The van der Waals surface area contributed by atoms with Gasteiger partial charge in [-0.1, -0.05) is 6.92 Å². The molecule has 1 aromatic heterocycles. The second kappa shape index (κ2) is 6.98. The van der Waals surface area contributed by atoms with Crippen LogP contribution in [0, 0.1) is 0 Å². The minimum Gasteiger partial charge on any atom is -0.383 e. The van der Waals surface area contributed by atoms with Crippen LogP contribution in [0.5, 0.6) is 0 Å². The second-order valence-corrected chi connectivity index (χ2v) is 4.22. The van der Waals surface area contributed by atoms with E-state index < -0.39 is 0 Å². The van der Waals surface area contributed by atoms with E-state index in [1.54, 1.807) is 18.4 Å². The van der Waals surface area contributed by atoms with Crippen LogP contribution in [0.3, 0.4) is 0 Å². The summed E-state index contributed by atoms with van der Waals surface area (Å²) >= 11 is 1.75. The van der Waals surface area contributed by atoms with Gasteiger partial charge in [0.25, 0.3) is 0 Å². The molecule has 1 unspecified atom stereocenters. The normalized spacial score (nSPS) is 13.0. The van der Waals surface area contributed by atoms with Crippen LogP contribution in [-0.2, 0) is 11.2 Å². The Balaban J connectivity index is 2.34. The molecule has 3 heteroatoms. The molecule has 0 amide bonds. The molecule has 0 spiro atoms. The lowest BCUT2D eigenvalue weighted by Gasteiger charge is -2.16. The van der Waals surface area contributed by atoms with Gasteiger partial charge in [0, 0.05) is 13.2 Å². The molecule has 14 heavy (non-hydrogen) atoms. The highest BCUT2D eigenvalue weighted by Gasteiger charge is 2.08. The molecular weight excluding hydrogens is 194 g/mol. The first kappa shape index (κ1) is 11.7. The van der Waals surface area contributed by atoms with E-state index in [2.05, 4.69) is 29.1 Å². The first-order chi connectivity index (χ1) is 6.86. The van der Waals surface area contributed by atoms with E-state index in [-0.39, 0.29) is 0 Å². The standard InChI is InChI=1S/C11H19NOS/c1-3-5-12-11(8-13-2)7-10-4-6-14-9-10/h4,6,9,11-12H,3,5,7-8H2,1-2H3. The van der Waals surface area contributed by atoms with Crippen molar-refractivity contribution in [1.82, 2.24) is 5.32 Å². The first-order valence-corrected chi connectivity index (χ1v) is 6.04. The lowest BCUT2D eigenvalue weighted by molar-refractivity contribution is 0.166. The molecule has 0 aromatic carbocycles. The molecule has 0 bridgehead atoms. The molecule has 1 heterocycles. The van der Waals surface area contributed by atoms with Gasteiger partial charge in [-0.15, -0.1) is 0 Å². The summed E-state index contributed by atoms with van der Waals surface area (Å²) in [5.74, 6) is 0. The van der Waals surface area contributed by atoms with Crippen molar-refractivity contribution in [3.63, 3.8) is 0 Å². The van der Waals surface area contributed by atoms with Crippen molar-refractivity contribution in [2.45, 2.75) is 25.8 Å². The van der Waals surface area contributed by atoms with Crippen LogP contribution in [0.25, 0.3) is 0 Å². The maximum Gasteiger partial charge on any atom is 0.0619 e. The fourth-order valence-corrected chi connectivity index (χ4v) is 2.11. The second-order valence-electron chi connectivity index (χ2n) is 3.44. The van der Waals surface area contributed by atoms with Crippen molar-refractivity contribution in [2.75, 3.05) is 20.3 Å². The third kappa shape index (κ3) is 4.22. The van der Waals surface area contributed by atoms with Crippen molar-refractivity contribution >= 4 is 11.3 Å². The smallest absolute Gasteiger partial charge is 0.0619 e. The van der Waals surface area contributed by atoms with Crippen molar-refractivity contribution in [3.8, 4) is 0 Å². The molecule has 2 nitrogen and oxygen atoms in total. The van der Waals surface area contributed by atoms with Crippen LogP contribution in [0.1, 0.15) is 18.9 Å². The van der Waals surface area contributed by atoms with Crippen LogP contribution in [0.2, 0.25) is 0 Å². The number of rotatable bonds is 7. The fraction of sp³-hybridized carbons (Fsp3) is 0.636. The Kier molecular flexibility index (Phi) is 5.83. The number of hydrogen-bond acceptors (Lipinski definition) is 3. The maximum absolute atomic E-state index is 5.19. The van der Waals surface area contributed by atoms with Crippen LogP contribution < -0.4 is 5.32 Å². The Morgan fingerprint density at radius 1 is 1.57 bits per heavy atom. The van der Waals surface area contributed by atoms with E-state index >= 15 is 0 Å². The van der Waals surface area contributed by atoms with Gasteiger partial charge in [0.2, 0.25) is 0 Å².